The van der Waals surface area contributed by atoms with Crippen LogP contribution in [0.25, 0.3) is 0 Å². The van der Waals surface area contributed by atoms with Gasteiger partial charge < -0.3 is 15.1 Å². The summed E-state index contributed by atoms with van der Waals surface area (Å²) < 4.78 is 1.09. The van der Waals surface area contributed by atoms with Crippen molar-refractivity contribution in [2.45, 2.75) is 0 Å². The van der Waals surface area contributed by atoms with Crippen molar-refractivity contribution < 1.29 is 4.79 Å². The van der Waals surface area contributed by atoms with Crippen LogP contribution in [0.1, 0.15) is 0 Å². The normalized spacial score (nSPS) is 15.9. The third kappa shape index (κ3) is 2.91. The van der Waals surface area contributed by atoms with E-state index in [1.165, 1.54) is 5.69 Å². The molecule has 0 aliphatic carbocycles. The molecule has 2 amide bonds. The van der Waals surface area contributed by atoms with Crippen LogP contribution in [0.15, 0.2) is 28.7 Å². The molecule has 0 radical (unpaired) electrons. The number of nitrogens with one attached hydrogen (secondary N) is 1. The van der Waals surface area contributed by atoms with Gasteiger partial charge in [-0.2, -0.15) is 0 Å². The van der Waals surface area contributed by atoms with Gasteiger partial charge in [0.25, 0.3) is 0 Å². The van der Waals surface area contributed by atoms with Crippen LogP contribution in [0.5, 0.6) is 0 Å². The van der Waals surface area contributed by atoms with Crippen molar-refractivity contribution in [3.8, 4) is 0 Å². The number of anilines is 1. The zero-order chi connectivity index (χ0) is 12.3. The van der Waals surface area contributed by atoms with Crippen molar-refractivity contribution in [3.63, 3.8) is 0 Å². The summed E-state index contributed by atoms with van der Waals surface area (Å²) in [6.07, 6.45) is 0. The molecule has 1 heterocycles. The lowest BCUT2D eigenvalue weighted by Crippen LogP contribution is -2.51. The summed E-state index contributed by atoms with van der Waals surface area (Å²) in [5, 5.41) is 2.66. The molecule has 1 aliphatic rings. The number of piperazine rings is 1. The van der Waals surface area contributed by atoms with E-state index >= 15 is 0 Å². The number of rotatable bonds is 1. The molecule has 0 spiro atoms. The Morgan fingerprint density at radius 2 is 2.00 bits per heavy atom. The summed E-state index contributed by atoms with van der Waals surface area (Å²) >= 11 is 3.47. The summed E-state index contributed by atoms with van der Waals surface area (Å²) in [5.74, 6) is 0. The van der Waals surface area contributed by atoms with E-state index < -0.39 is 0 Å². The van der Waals surface area contributed by atoms with E-state index in [1.54, 1.807) is 7.05 Å². The first-order valence-electron chi connectivity index (χ1n) is 5.68. The van der Waals surface area contributed by atoms with E-state index in [9.17, 15) is 4.79 Å². The Morgan fingerprint density at radius 3 is 2.59 bits per heavy atom. The number of benzene rings is 1. The Balaban J connectivity index is 1.97. The average molecular weight is 298 g/mol. The summed E-state index contributed by atoms with van der Waals surface area (Å²) in [7, 11) is 1.67. The molecule has 1 aromatic carbocycles. The predicted molar refractivity (Wildman–Crippen MR) is 72.4 cm³/mol. The Bertz CT molecular complexity index is 402. The van der Waals surface area contributed by atoms with Gasteiger partial charge in [-0.1, -0.05) is 22.0 Å². The molecular weight excluding hydrogens is 282 g/mol. The lowest BCUT2D eigenvalue weighted by Gasteiger charge is -2.35. The van der Waals surface area contributed by atoms with Crippen molar-refractivity contribution in [1.82, 2.24) is 10.2 Å². The van der Waals surface area contributed by atoms with Crippen LogP contribution >= 0.6 is 15.9 Å². The molecule has 0 saturated carbocycles. The second kappa shape index (κ2) is 5.40. The van der Waals surface area contributed by atoms with E-state index in [0.29, 0.717) is 0 Å². The van der Waals surface area contributed by atoms with Crippen LogP contribution in [0.3, 0.4) is 0 Å². The number of nitrogens with zero attached hydrogens (tertiary/aromatic N) is 2. The highest BCUT2D eigenvalue weighted by Gasteiger charge is 2.20. The molecule has 5 heteroatoms. The number of amides is 2. The Kier molecular flexibility index (Phi) is 3.89. The zero-order valence-corrected chi connectivity index (χ0v) is 11.4. The van der Waals surface area contributed by atoms with Crippen molar-refractivity contribution in [3.05, 3.63) is 28.7 Å². The standard InChI is InChI=1S/C12H16BrN3O/c1-14-12(17)16-7-5-15(6-8-16)11-4-2-3-10(13)9-11/h2-4,9H,5-8H2,1H3,(H,14,17). The fraction of sp³-hybridized carbons (Fsp3) is 0.417. The number of carbonyl (C=O) groups excluding carboxylic acids is 1. The lowest BCUT2D eigenvalue weighted by atomic mass is 10.2. The van der Waals surface area contributed by atoms with Gasteiger partial charge in [-0.15, -0.1) is 0 Å². The molecule has 1 aliphatic heterocycles. The SMILES string of the molecule is CNC(=O)N1CCN(c2cccc(Br)c2)CC1. The zero-order valence-electron chi connectivity index (χ0n) is 9.82. The Morgan fingerprint density at radius 1 is 1.29 bits per heavy atom. The van der Waals surface area contributed by atoms with Gasteiger partial charge in [0.1, 0.15) is 0 Å². The molecule has 1 saturated heterocycles. The molecule has 4 nitrogen and oxygen atoms in total. The maximum Gasteiger partial charge on any atom is 0.317 e. The third-order valence-electron chi connectivity index (χ3n) is 2.95. The molecule has 0 bridgehead atoms. The Labute approximate surface area is 110 Å². The van der Waals surface area contributed by atoms with Gasteiger partial charge in [0.2, 0.25) is 0 Å². The monoisotopic (exact) mass is 297 g/mol. The van der Waals surface area contributed by atoms with Crippen LogP contribution in [-0.4, -0.2) is 44.2 Å². The van der Waals surface area contributed by atoms with Gasteiger partial charge in [0, 0.05) is 43.4 Å². The lowest BCUT2D eigenvalue weighted by molar-refractivity contribution is 0.196. The van der Waals surface area contributed by atoms with Crippen LogP contribution in [0, 0.1) is 0 Å². The quantitative estimate of drug-likeness (QED) is 0.859. The van der Waals surface area contributed by atoms with Crippen molar-refractivity contribution >= 4 is 27.6 Å². The second-order valence-corrected chi connectivity index (χ2v) is 4.92. The number of urea groups is 1. The van der Waals surface area contributed by atoms with E-state index in [-0.39, 0.29) is 6.03 Å². The van der Waals surface area contributed by atoms with Gasteiger partial charge in [0.15, 0.2) is 0 Å². The van der Waals surface area contributed by atoms with E-state index in [0.717, 1.165) is 30.7 Å². The topological polar surface area (TPSA) is 35.6 Å². The highest BCUT2D eigenvalue weighted by atomic mass is 79.9. The fourth-order valence-electron chi connectivity index (χ4n) is 2.00. The first-order valence-corrected chi connectivity index (χ1v) is 6.47. The maximum atomic E-state index is 11.5. The smallest absolute Gasteiger partial charge is 0.317 e. The molecule has 92 valence electrons. The fourth-order valence-corrected chi connectivity index (χ4v) is 2.39. The number of halogens is 1. The molecule has 0 unspecified atom stereocenters. The van der Waals surface area contributed by atoms with Crippen molar-refractivity contribution in [2.24, 2.45) is 0 Å². The van der Waals surface area contributed by atoms with E-state index in [4.69, 9.17) is 0 Å². The summed E-state index contributed by atoms with van der Waals surface area (Å²) in [5.41, 5.74) is 1.20. The van der Waals surface area contributed by atoms with Gasteiger partial charge in [0.05, 0.1) is 0 Å². The number of hydrogen-bond acceptors (Lipinski definition) is 2. The molecule has 1 aromatic rings. The first kappa shape index (κ1) is 12.2. The Hall–Kier alpha value is -1.23. The highest BCUT2D eigenvalue weighted by Crippen LogP contribution is 2.21. The number of hydrogen-bond donors (Lipinski definition) is 1. The summed E-state index contributed by atoms with van der Waals surface area (Å²) in [6, 6.07) is 8.27. The molecular formula is C12H16BrN3O. The molecule has 1 fully saturated rings. The maximum absolute atomic E-state index is 11.5. The molecule has 0 atom stereocenters. The highest BCUT2D eigenvalue weighted by molar-refractivity contribution is 9.10. The average Bonchev–Trinajstić information content (AvgIpc) is 2.38. The van der Waals surface area contributed by atoms with Gasteiger partial charge in [-0.25, -0.2) is 4.79 Å². The molecule has 2 rings (SSSR count). The van der Waals surface area contributed by atoms with Gasteiger partial charge in [-0.3, -0.25) is 0 Å². The van der Waals surface area contributed by atoms with Crippen LogP contribution in [-0.2, 0) is 0 Å². The predicted octanol–water partition coefficient (Wildman–Crippen LogP) is 1.91. The van der Waals surface area contributed by atoms with E-state index in [1.807, 2.05) is 17.0 Å². The van der Waals surface area contributed by atoms with Gasteiger partial charge >= 0.3 is 6.03 Å². The molecule has 0 aromatic heterocycles. The third-order valence-corrected chi connectivity index (χ3v) is 3.45. The minimum atomic E-state index is 0.0129. The summed E-state index contributed by atoms with van der Waals surface area (Å²) in [4.78, 5) is 15.6. The van der Waals surface area contributed by atoms with Crippen molar-refractivity contribution in [1.29, 1.82) is 0 Å². The second-order valence-electron chi connectivity index (χ2n) is 4.01. The molecule has 17 heavy (non-hydrogen) atoms. The van der Waals surface area contributed by atoms with Crippen molar-refractivity contribution in [2.75, 3.05) is 38.1 Å². The number of carbonyl (C=O) groups is 1. The van der Waals surface area contributed by atoms with Crippen LogP contribution in [0.2, 0.25) is 0 Å². The van der Waals surface area contributed by atoms with Crippen LogP contribution in [0.4, 0.5) is 10.5 Å². The van der Waals surface area contributed by atoms with E-state index in [2.05, 4.69) is 38.3 Å². The minimum absolute atomic E-state index is 0.0129. The van der Waals surface area contributed by atoms with Crippen LogP contribution < -0.4 is 10.2 Å². The first-order chi connectivity index (χ1) is 8.20. The minimum Gasteiger partial charge on any atom is -0.368 e. The summed E-state index contributed by atoms with van der Waals surface area (Å²) in [6.45, 7) is 3.30. The van der Waals surface area contributed by atoms with Gasteiger partial charge in [-0.05, 0) is 18.2 Å². The molecule has 1 N–H and O–H groups in total. The largest absolute Gasteiger partial charge is 0.368 e.